The summed E-state index contributed by atoms with van der Waals surface area (Å²) in [6.45, 7) is 3.57. The van der Waals surface area contributed by atoms with Gasteiger partial charge < -0.3 is 9.84 Å². The molecule has 0 bridgehead atoms. The first-order valence-corrected chi connectivity index (χ1v) is 5.55. The minimum Gasteiger partial charge on any atom is -0.480 e. The molecule has 0 atom stereocenters. The lowest BCUT2D eigenvalue weighted by molar-refractivity contribution is -0.137. The van der Waals surface area contributed by atoms with Crippen molar-refractivity contribution in [3.05, 3.63) is 41.7 Å². The topological polar surface area (TPSA) is 64.4 Å². The van der Waals surface area contributed by atoms with Crippen molar-refractivity contribution in [3.8, 4) is 11.5 Å². The van der Waals surface area contributed by atoms with Crippen LogP contribution in [0.3, 0.4) is 0 Å². The van der Waals surface area contributed by atoms with Crippen LogP contribution in [0.4, 0.5) is 0 Å². The lowest BCUT2D eigenvalue weighted by Gasteiger charge is -2.07. The first kappa shape index (κ1) is 12.2. The maximum Gasteiger partial charge on any atom is 0.325 e. The summed E-state index contributed by atoms with van der Waals surface area (Å²) in [5.74, 6) is 0.393. The Labute approximate surface area is 105 Å². The first-order valence-electron chi connectivity index (χ1n) is 5.55. The van der Waals surface area contributed by atoms with E-state index in [1.807, 2.05) is 31.2 Å². The molecule has 2 rings (SSSR count). The van der Waals surface area contributed by atoms with Gasteiger partial charge in [-0.3, -0.25) is 9.48 Å². The molecule has 2 aromatic rings. The van der Waals surface area contributed by atoms with Crippen molar-refractivity contribution >= 4 is 5.97 Å². The summed E-state index contributed by atoms with van der Waals surface area (Å²) in [5.41, 5.74) is 1.71. The summed E-state index contributed by atoms with van der Waals surface area (Å²) in [4.78, 5) is 10.6. The van der Waals surface area contributed by atoms with Gasteiger partial charge in [-0.15, -0.1) is 0 Å². The molecule has 18 heavy (non-hydrogen) atoms. The maximum absolute atomic E-state index is 10.6. The van der Waals surface area contributed by atoms with Gasteiger partial charge in [0.05, 0.1) is 11.9 Å². The van der Waals surface area contributed by atoms with Crippen LogP contribution in [0.15, 0.2) is 30.5 Å². The second-order valence-electron chi connectivity index (χ2n) is 4.01. The second-order valence-corrected chi connectivity index (χ2v) is 4.01. The summed E-state index contributed by atoms with van der Waals surface area (Å²) in [5, 5.41) is 12.7. The van der Waals surface area contributed by atoms with Crippen molar-refractivity contribution in [2.24, 2.45) is 0 Å². The van der Waals surface area contributed by atoms with E-state index in [0.29, 0.717) is 11.4 Å². The first-order chi connectivity index (χ1) is 8.58. The molecular formula is C13H14N2O3. The molecule has 0 aliphatic carbocycles. The molecule has 5 nitrogen and oxygen atoms in total. The van der Waals surface area contributed by atoms with Gasteiger partial charge in [0.25, 0.3) is 0 Å². The van der Waals surface area contributed by atoms with E-state index in [1.54, 1.807) is 6.92 Å². The van der Waals surface area contributed by atoms with Gasteiger partial charge in [-0.05, 0) is 25.5 Å². The molecule has 0 fully saturated rings. The highest BCUT2D eigenvalue weighted by atomic mass is 16.5. The summed E-state index contributed by atoms with van der Waals surface area (Å²) in [6, 6.07) is 7.64. The van der Waals surface area contributed by atoms with Crippen molar-refractivity contribution in [3.63, 3.8) is 0 Å². The largest absolute Gasteiger partial charge is 0.480 e. The van der Waals surface area contributed by atoms with E-state index in [9.17, 15) is 4.79 Å². The predicted molar refractivity (Wildman–Crippen MR) is 65.9 cm³/mol. The third-order valence-electron chi connectivity index (χ3n) is 2.66. The molecule has 0 amide bonds. The molecule has 0 radical (unpaired) electrons. The van der Waals surface area contributed by atoms with Crippen LogP contribution < -0.4 is 4.74 Å². The summed E-state index contributed by atoms with van der Waals surface area (Å²) >= 11 is 0. The average molecular weight is 246 g/mol. The number of benzene rings is 1. The Balaban J connectivity index is 2.23. The van der Waals surface area contributed by atoms with E-state index in [0.717, 1.165) is 11.3 Å². The average Bonchev–Trinajstić information content (AvgIpc) is 2.64. The highest BCUT2D eigenvalue weighted by Gasteiger charge is 2.11. The fourth-order valence-electron chi connectivity index (χ4n) is 1.61. The zero-order valence-electron chi connectivity index (χ0n) is 10.3. The van der Waals surface area contributed by atoms with Crippen molar-refractivity contribution in [2.45, 2.75) is 20.4 Å². The fraction of sp³-hybridized carbons (Fsp3) is 0.231. The van der Waals surface area contributed by atoms with Crippen LogP contribution in [0.5, 0.6) is 11.5 Å². The van der Waals surface area contributed by atoms with Gasteiger partial charge in [0.2, 0.25) is 0 Å². The number of carboxylic acids is 1. The van der Waals surface area contributed by atoms with Crippen LogP contribution in [0, 0.1) is 13.8 Å². The maximum atomic E-state index is 10.6. The Hall–Kier alpha value is -2.30. The Bertz CT molecular complexity index is 575. The van der Waals surface area contributed by atoms with Gasteiger partial charge in [0, 0.05) is 0 Å². The normalized spacial score (nSPS) is 10.3. The summed E-state index contributed by atoms with van der Waals surface area (Å²) in [6.07, 6.45) is 1.53. The number of aromatic nitrogens is 2. The SMILES string of the molecule is Cc1ccccc1Oc1cnn(CC(=O)O)c1C. The van der Waals surface area contributed by atoms with Crippen molar-refractivity contribution in [2.75, 3.05) is 0 Å². The van der Waals surface area contributed by atoms with Crippen LogP contribution in [0.25, 0.3) is 0 Å². The number of carbonyl (C=O) groups is 1. The number of aryl methyl sites for hydroxylation is 1. The molecule has 1 aromatic carbocycles. The van der Waals surface area contributed by atoms with Crippen LogP contribution in [-0.2, 0) is 11.3 Å². The zero-order valence-corrected chi connectivity index (χ0v) is 10.3. The predicted octanol–water partition coefficient (Wildman–Crippen LogP) is 2.38. The van der Waals surface area contributed by atoms with Gasteiger partial charge in [-0.1, -0.05) is 18.2 Å². The van der Waals surface area contributed by atoms with E-state index in [2.05, 4.69) is 5.10 Å². The Kier molecular flexibility index (Phi) is 3.32. The molecule has 0 aliphatic heterocycles. The standard InChI is InChI=1S/C13H14N2O3/c1-9-5-3-4-6-11(9)18-12-7-14-15(10(12)2)8-13(16)17/h3-7H,8H2,1-2H3,(H,16,17). The van der Waals surface area contributed by atoms with Gasteiger partial charge in [0.15, 0.2) is 5.75 Å². The van der Waals surface area contributed by atoms with Crippen molar-refractivity contribution in [1.82, 2.24) is 9.78 Å². The molecule has 94 valence electrons. The number of ether oxygens (including phenoxy) is 1. The van der Waals surface area contributed by atoms with Crippen LogP contribution in [-0.4, -0.2) is 20.9 Å². The minimum absolute atomic E-state index is 0.164. The monoisotopic (exact) mass is 246 g/mol. The van der Waals surface area contributed by atoms with Gasteiger partial charge in [-0.2, -0.15) is 5.10 Å². The molecule has 1 heterocycles. The minimum atomic E-state index is -0.927. The quantitative estimate of drug-likeness (QED) is 0.899. The van der Waals surface area contributed by atoms with Crippen molar-refractivity contribution < 1.29 is 14.6 Å². The molecule has 0 spiro atoms. The lowest BCUT2D eigenvalue weighted by Crippen LogP contribution is -2.11. The number of hydrogen-bond donors (Lipinski definition) is 1. The van der Waals surface area contributed by atoms with E-state index < -0.39 is 5.97 Å². The van der Waals surface area contributed by atoms with Gasteiger partial charge in [-0.25, -0.2) is 0 Å². The highest BCUT2D eigenvalue weighted by molar-refractivity contribution is 5.66. The third-order valence-corrected chi connectivity index (χ3v) is 2.66. The lowest BCUT2D eigenvalue weighted by atomic mass is 10.2. The number of para-hydroxylation sites is 1. The molecule has 0 unspecified atom stereocenters. The van der Waals surface area contributed by atoms with Crippen molar-refractivity contribution in [1.29, 1.82) is 0 Å². The smallest absolute Gasteiger partial charge is 0.325 e. The third kappa shape index (κ3) is 2.51. The summed E-state index contributed by atoms with van der Waals surface area (Å²) in [7, 11) is 0. The Morgan fingerprint density at radius 2 is 2.06 bits per heavy atom. The number of nitrogens with zero attached hydrogens (tertiary/aromatic N) is 2. The molecule has 5 heteroatoms. The molecule has 0 saturated carbocycles. The van der Waals surface area contributed by atoms with Crippen LogP contribution in [0.2, 0.25) is 0 Å². The second kappa shape index (κ2) is 4.91. The molecule has 0 saturated heterocycles. The van der Waals surface area contributed by atoms with E-state index >= 15 is 0 Å². The molecule has 0 aliphatic rings. The van der Waals surface area contributed by atoms with E-state index in [-0.39, 0.29) is 6.54 Å². The fourth-order valence-corrected chi connectivity index (χ4v) is 1.61. The number of aliphatic carboxylic acids is 1. The van der Waals surface area contributed by atoms with Gasteiger partial charge >= 0.3 is 5.97 Å². The van der Waals surface area contributed by atoms with E-state index in [1.165, 1.54) is 10.9 Å². The number of hydrogen-bond acceptors (Lipinski definition) is 3. The van der Waals surface area contributed by atoms with E-state index in [4.69, 9.17) is 9.84 Å². The molecular weight excluding hydrogens is 232 g/mol. The summed E-state index contributed by atoms with van der Waals surface area (Å²) < 4.78 is 7.12. The molecule has 1 aromatic heterocycles. The Morgan fingerprint density at radius 3 is 2.72 bits per heavy atom. The zero-order chi connectivity index (χ0) is 13.1. The Morgan fingerprint density at radius 1 is 1.33 bits per heavy atom. The number of rotatable bonds is 4. The number of carboxylic acid groups (broad SMARTS) is 1. The van der Waals surface area contributed by atoms with Gasteiger partial charge in [0.1, 0.15) is 12.3 Å². The van der Waals surface area contributed by atoms with Crippen LogP contribution >= 0.6 is 0 Å². The molecule has 1 N–H and O–H groups in total. The van der Waals surface area contributed by atoms with Crippen LogP contribution in [0.1, 0.15) is 11.3 Å². The highest BCUT2D eigenvalue weighted by Crippen LogP contribution is 2.26.